The first-order valence-electron chi connectivity index (χ1n) is 8.19. The summed E-state index contributed by atoms with van der Waals surface area (Å²) in [6.07, 6.45) is 2.27. The van der Waals surface area contributed by atoms with Gasteiger partial charge in [0.2, 0.25) is 5.91 Å². The molecule has 122 valence electrons. The molecule has 1 fully saturated rings. The molecule has 4 heteroatoms. The predicted octanol–water partition coefficient (Wildman–Crippen LogP) is 2.05. The molecule has 0 radical (unpaired) electrons. The predicted molar refractivity (Wildman–Crippen MR) is 88.8 cm³/mol. The zero-order valence-corrected chi connectivity index (χ0v) is 13.8. The largest absolute Gasteiger partial charge is 0.384 e. The Morgan fingerprint density at radius 3 is 2.68 bits per heavy atom. The number of rotatable bonds is 6. The monoisotopic (exact) mass is 304 g/mol. The minimum Gasteiger partial charge on any atom is -0.384 e. The first-order chi connectivity index (χ1) is 10.7. The fourth-order valence-corrected chi connectivity index (χ4v) is 3.16. The highest BCUT2D eigenvalue weighted by Crippen LogP contribution is 2.12. The van der Waals surface area contributed by atoms with Crippen LogP contribution in [0.3, 0.4) is 0 Å². The number of carbonyl (C=O) groups excluding carboxylic acids is 1. The number of amides is 1. The maximum atomic E-state index is 11.7. The lowest BCUT2D eigenvalue weighted by atomic mass is 10.1. The van der Waals surface area contributed by atoms with Crippen molar-refractivity contribution in [1.82, 2.24) is 9.80 Å². The highest BCUT2D eigenvalue weighted by atomic mass is 16.5. The van der Waals surface area contributed by atoms with Crippen molar-refractivity contribution < 1.29 is 9.53 Å². The molecule has 1 aliphatic heterocycles. The number of nitrogens with zero attached hydrogens (tertiary/aromatic N) is 2. The summed E-state index contributed by atoms with van der Waals surface area (Å²) in [5.74, 6) is 0.584. The Kier molecular flexibility index (Phi) is 6.87. The summed E-state index contributed by atoms with van der Waals surface area (Å²) in [4.78, 5) is 16.1. The van der Waals surface area contributed by atoms with E-state index in [0.717, 1.165) is 52.2 Å². The van der Waals surface area contributed by atoms with Gasteiger partial charge < -0.3 is 14.5 Å². The van der Waals surface area contributed by atoms with Gasteiger partial charge in [-0.3, -0.25) is 4.79 Å². The third-order valence-electron chi connectivity index (χ3n) is 4.31. The topological polar surface area (TPSA) is 32.8 Å². The molecule has 1 unspecified atom stereocenters. The van der Waals surface area contributed by atoms with Crippen LogP contribution in [0, 0.1) is 5.92 Å². The molecule has 1 aromatic rings. The Labute approximate surface area is 134 Å². The molecule has 1 amide bonds. The second-order valence-electron chi connectivity index (χ2n) is 6.18. The molecule has 1 aliphatic rings. The van der Waals surface area contributed by atoms with Gasteiger partial charge in [0.25, 0.3) is 0 Å². The van der Waals surface area contributed by atoms with Crippen molar-refractivity contribution in [2.75, 3.05) is 46.4 Å². The molecule has 0 bridgehead atoms. The van der Waals surface area contributed by atoms with Crippen LogP contribution >= 0.6 is 0 Å². The molecule has 22 heavy (non-hydrogen) atoms. The minimum atomic E-state index is 0.173. The Morgan fingerprint density at radius 2 is 2.00 bits per heavy atom. The first kappa shape index (κ1) is 17.0. The van der Waals surface area contributed by atoms with Gasteiger partial charge in [-0.25, -0.2) is 0 Å². The second kappa shape index (κ2) is 8.91. The van der Waals surface area contributed by atoms with E-state index in [-0.39, 0.29) is 5.91 Å². The zero-order valence-electron chi connectivity index (χ0n) is 13.8. The molecule has 1 saturated heterocycles. The molecule has 0 saturated carbocycles. The van der Waals surface area contributed by atoms with E-state index in [0.29, 0.717) is 5.92 Å². The van der Waals surface area contributed by atoms with Gasteiger partial charge in [0, 0.05) is 46.1 Å². The molecular weight excluding hydrogens is 276 g/mol. The van der Waals surface area contributed by atoms with Gasteiger partial charge in [0.05, 0.1) is 6.61 Å². The summed E-state index contributed by atoms with van der Waals surface area (Å²) in [5, 5.41) is 0. The normalized spacial score (nSPS) is 19.9. The van der Waals surface area contributed by atoms with Crippen molar-refractivity contribution in [2.45, 2.75) is 19.8 Å². The van der Waals surface area contributed by atoms with E-state index in [2.05, 4.69) is 35.2 Å². The molecule has 4 nitrogen and oxygen atoms in total. The van der Waals surface area contributed by atoms with E-state index in [1.807, 2.05) is 4.90 Å². The molecule has 1 aromatic carbocycles. The summed E-state index contributed by atoms with van der Waals surface area (Å²) in [5.41, 5.74) is 1.40. The van der Waals surface area contributed by atoms with Gasteiger partial charge >= 0.3 is 0 Å². The van der Waals surface area contributed by atoms with E-state index < -0.39 is 0 Å². The average molecular weight is 304 g/mol. The van der Waals surface area contributed by atoms with Gasteiger partial charge in [0.15, 0.2) is 0 Å². The summed E-state index contributed by atoms with van der Waals surface area (Å²) >= 11 is 0. The fraction of sp³-hybridized carbons (Fsp3) is 0.611. The van der Waals surface area contributed by atoms with Crippen LogP contribution in [0.2, 0.25) is 0 Å². The standard InChI is InChI=1S/C18H28N2O2/c1-16(21)20-12-11-19(13-18(14-20)15-22-2)10-6-9-17-7-4-3-5-8-17/h3-5,7-8,18H,6,9-15H2,1-2H3. The Hall–Kier alpha value is -1.39. The summed E-state index contributed by atoms with van der Waals surface area (Å²) < 4.78 is 5.32. The van der Waals surface area contributed by atoms with Crippen molar-refractivity contribution in [2.24, 2.45) is 5.92 Å². The number of aryl methyl sites for hydroxylation is 1. The van der Waals surface area contributed by atoms with Crippen LogP contribution in [-0.2, 0) is 16.0 Å². The molecule has 0 spiro atoms. The minimum absolute atomic E-state index is 0.173. The van der Waals surface area contributed by atoms with Crippen LogP contribution in [0.25, 0.3) is 0 Å². The quantitative estimate of drug-likeness (QED) is 0.806. The van der Waals surface area contributed by atoms with E-state index in [1.54, 1.807) is 14.0 Å². The van der Waals surface area contributed by atoms with Crippen molar-refractivity contribution in [3.63, 3.8) is 0 Å². The highest BCUT2D eigenvalue weighted by Gasteiger charge is 2.23. The van der Waals surface area contributed by atoms with Crippen LogP contribution in [0.1, 0.15) is 18.9 Å². The van der Waals surface area contributed by atoms with Crippen molar-refractivity contribution in [1.29, 1.82) is 0 Å². The van der Waals surface area contributed by atoms with Crippen molar-refractivity contribution >= 4 is 5.91 Å². The lowest BCUT2D eigenvalue weighted by Crippen LogP contribution is -2.35. The van der Waals surface area contributed by atoms with Crippen molar-refractivity contribution in [3.05, 3.63) is 35.9 Å². The SMILES string of the molecule is COCC1CN(CCCc2ccccc2)CCN(C(C)=O)C1. The van der Waals surface area contributed by atoms with Crippen LogP contribution < -0.4 is 0 Å². The maximum absolute atomic E-state index is 11.7. The number of methoxy groups -OCH3 is 1. The smallest absolute Gasteiger partial charge is 0.219 e. The van der Waals surface area contributed by atoms with Crippen LogP contribution in [0.15, 0.2) is 30.3 Å². The molecule has 0 aliphatic carbocycles. The Morgan fingerprint density at radius 1 is 1.23 bits per heavy atom. The number of ether oxygens (including phenoxy) is 1. The van der Waals surface area contributed by atoms with E-state index in [4.69, 9.17) is 4.74 Å². The molecule has 2 rings (SSSR count). The van der Waals surface area contributed by atoms with Gasteiger partial charge in [-0.05, 0) is 24.9 Å². The average Bonchev–Trinajstić information content (AvgIpc) is 2.71. The third-order valence-corrected chi connectivity index (χ3v) is 4.31. The van der Waals surface area contributed by atoms with E-state index in [1.165, 1.54) is 5.56 Å². The summed E-state index contributed by atoms with van der Waals surface area (Å²) in [7, 11) is 1.74. The fourth-order valence-electron chi connectivity index (χ4n) is 3.16. The number of carbonyl (C=O) groups is 1. The summed E-state index contributed by atoms with van der Waals surface area (Å²) in [6, 6.07) is 10.6. The second-order valence-corrected chi connectivity index (χ2v) is 6.18. The van der Waals surface area contributed by atoms with Gasteiger partial charge in [0.1, 0.15) is 0 Å². The number of hydrogen-bond acceptors (Lipinski definition) is 3. The number of hydrogen-bond donors (Lipinski definition) is 0. The van der Waals surface area contributed by atoms with Crippen LogP contribution in [-0.4, -0.2) is 62.1 Å². The maximum Gasteiger partial charge on any atom is 0.219 e. The Balaban J connectivity index is 1.83. The number of benzene rings is 1. The summed E-state index contributed by atoms with van der Waals surface area (Å²) in [6.45, 7) is 7.11. The lowest BCUT2D eigenvalue weighted by molar-refractivity contribution is -0.129. The third kappa shape index (κ3) is 5.43. The van der Waals surface area contributed by atoms with Gasteiger partial charge in [-0.1, -0.05) is 30.3 Å². The highest BCUT2D eigenvalue weighted by molar-refractivity contribution is 5.73. The van der Waals surface area contributed by atoms with Crippen LogP contribution in [0.5, 0.6) is 0 Å². The lowest BCUT2D eigenvalue weighted by Gasteiger charge is -2.23. The molecular formula is C18H28N2O2. The molecule has 1 heterocycles. The van der Waals surface area contributed by atoms with Crippen LogP contribution in [0.4, 0.5) is 0 Å². The molecule has 0 N–H and O–H groups in total. The van der Waals surface area contributed by atoms with E-state index >= 15 is 0 Å². The van der Waals surface area contributed by atoms with Crippen molar-refractivity contribution in [3.8, 4) is 0 Å². The first-order valence-corrected chi connectivity index (χ1v) is 8.19. The molecule has 0 aromatic heterocycles. The van der Waals surface area contributed by atoms with Gasteiger partial charge in [-0.2, -0.15) is 0 Å². The Bertz CT molecular complexity index is 450. The zero-order chi connectivity index (χ0) is 15.8. The van der Waals surface area contributed by atoms with E-state index in [9.17, 15) is 4.79 Å². The molecule has 1 atom stereocenters. The van der Waals surface area contributed by atoms with Gasteiger partial charge in [-0.15, -0.1) is 0 Å².